The second kappa shape index (κ2) is 9.42. The van der Waals surface area contributed by atoms with Gasteiger partial charge in [-0.05, 0) is 55.5 Å². The Labute approximate surface area is 182 Å². The largest absolute Gasteiger partial charge is 0.435 e. The molecule has 1 atom stereocenters. The van der Waals surface area contributed by atoms with Crippen LogP contribution in [0.3, 0.4) is 0 Å². The van der Waals surface area contributed by atoms with Crippen LogP contribution < -0.4 is 15.9 Å². The van der Waals surface area contributed by atoms with E-state index in [1.165, 1.54) is 24.3 Å². The molecule has 0 spiro atoms. The molecule has 0 saturated heterocycles. The highest BCUT2D eigenvalue weighted by Crippen LogP contribution is 2.30. The van der Waals surface area contributed by atoms with Crippen LogP contribution in [0, 0.1) is 0 Å². The highest BCUT2D eigenvalue weighted by Gasteiger charge is 2.30. The molecular formula is C19H16F5N5O2S. The van der Waals surface area contributed by atoms with Crippen molar-refractivity contribution in [2.75, 3.05) is 11.2 Å². The van der Waals surface area contributed by atoms with E-state index in [1.54, 1.807) is 6.92 Å². The van der Waals surface area contributed by atoms with Crippen molar-refractivity contribution < 1.29 is 31.5 Å². The number of aromatic nitrogens is 3. The fourth-order valence-electron chi connectivity index (χ4n) is 2.54. The molecule has 0 fully saturated rings. The summed E-state index contributed by atoms with van der Waals surface area (Å²) in [6, 6.07) is 9.64. The lowest BCUT2D eigenvalue weighted by Gasteiger charge is -2.12. The van der Waals surface area contributed by atoms with E-state index in [1.807, 2.05) is 0 Å². The molecule has 0 bridgehead atoms. The number of nitrogens with zero attached hydrogens (tertiary/aromatic N) is 3. The van der Waals surface area contributed by atoms with E-state index in [2.05, 4.69) is 20.3 Å². The Morgan fingerprint density at radius 1 is 1.09 bits per heavy atom. The maximum atomic E-state index is 12.6. The summed E-state index contributed by atoms with van der Waals surface area (Å²) in [5.41, 5.74) is -0.137. The Kier molecular flexibility index (Phi) is 6.87. The van der Waals surface area contributed by atoms with Crippen molar-refractivity contribution in [3.63, 3.8) is 0 Å². The lowest BCUT2D eigenvalue weighted by atomic mass is 10.2. The lowest BCUT2D eigenvalue weighted by molar-refractivity contribution is -0.137. The van der Waals surface area contributed by atoms with Gasteiger partial charge in [-0.1, -0.05) is 11.8 Å². The molecule has 0 aliphatic rings. The molecule has 2 aromatic carbocycles. The number of hydrogen-bond acceptors (Lipinski definition) is 6. The third kappa shape index (κ3) is 5.66. The lowest BCUT2D eigenvalue weighted by Crippen LogP contribution is -2.23. The second-order valence-electron chi connectivity index (χ2n) is 6.40. The third-order valence-electron chi connectivity index (χ3n) is 4.13. The first-order chi connectivity index (χ1) is 15.0. The van der Waals surface area contributed by atoms with Crippen molar-refractivity contribution in [2.45, 2.75) is 30.1 Å². The van der Waals surface area contributed by atoms with E-state index >= 15 is 0 Å². The van der Waals surface area contributed by atoms with Crippen molar-refractivity contribution in [3.8, 4) is 17.1 Å². The van der Waals surface area contributed by atoms with Crippen LogP contribution in [0.2, 0.25) is 0 Å². The fourth-order valence-corrected chi connectivity index (χ4v) is 3.31. The summed E-state index contributed by atoms with van der Waals surface area (Å²) in [5.74, 6) is 5.71. The van der Waals surface area contributed by atoms with Gasteiger partial charge in [-0.15, -0.1) is 10.2 Å². The maximum absolute atomic E-state index is 12.6. The van der Waals surface area contributed by atoms with Gasteiger partial charge in [-0.2, -0.15) is 22.0 Å². The number of hydrogen-bond donors (Lipinski definition) is 2. The third-order valence-corrected chi connectivity index (χ3v) is 5.19. The summed E-state index contributed by atoms with van der Waals surface area (Å²) in [4.78, 5) is 12.4. The van der Waals surface area contributed by atoms with Crippen LogP contribution in [0.5, 0.6) is 5.75 Å². The van der Waals surface area contributed by atoms with Crippen molar-refractivity contribution in [1.82, 2.24) is 14.9 Å². The van der Waals surface area contributed by atoms with Gasteiger partial charge >= 0.3 is 12.8 Å². The number of anilines is 1. The van der Waals surface area contributed by atoms with Crippen LogP contribution in [-0.4, -0.2) is 32.6 Å². The number of rotatable bonds is 7. The summed E-state index contributed by atoms with van der Waals surface area (Å²) in [6.07, 6.45) is -4.47. The molecule has 1 heterocycles. The van der Waals surface area contributed by atoms with Gasteiger partial charge in [0.05, 0.1) is 10.8 Å². The van der Waals surface area contributed by atoms with Gasteiger partial charge < -0.3 is 15.9 Å². The maximum Gasteiger partial charge on any atom is 0.416 e. The van der Waals surface area contributed by atoms with Crippen LogP contribution in [0.25, 0.3) is 11.4 Å². The summed E-state index contributed by atoms with van der Waals surface area (Å²) in [5, 5.41) is 9.88. The topological polar surface area (TPSA) is 95.1 Å². The van der Waals surface area contributed by atoms with Crippen LogP contribution >= 0.6 is 11.8 Å². The molecule has 1 aromatic heterocycles. The van der Waals surface area contributed by atoms with E-state index in [9.17, 15) is 26.7 Å². The van der Waals surface area contributed by atoms with E-state index in [0.29, 0.717) is 5.56 Å². The zero-order valence-electron chi connectivity index (χ0n) is 16.3. The quantitative estimate of drug-likeness (QED) is 0.300. The Balaban J connectivity index is 1.64. The molecule has 0 aliphatic heterocycles. The minimum Gasteiger partial charge on any atom is -0.435 e. The number of amides is 1. The first-order valence-corrected chi connectivity index (χ1v) is 9.83. The highest BCUT2D eigenvalue weighted by atomic mass is 32.2. The number of nitrogen functional groups attached to an aromatic ring is 1. The van der Waals surface area contributed by atoms with Gasteiger partial charge in [0.2, 0.25) is 11.1 Å². The summed E-state index contributed by atoms with van der Waals surface area (Å²) in [7, 11) is 0. The predicted molar refractivity (Wildman–Crippen MR) is 108 cm³/mol. The SMILES string of the molecule is CC(Sc1nnc(-c2ccc(OC(F)F)cc2)n1N)C(=O)Nc1ccc(C(F)(F)F)cc1. The van der Waals surface area contributed by atoms with Gasteiger partial charge in [0.25, 0.3) is 0 Å². The minimum atomic E-state index is -4.47. The second-order valence-corrected chi connectivity index (χ2v) is 7.71. The number of ether oxygens (including phenoxy) is 1. The summed E-state index contributed by atoms with van der Waals surface area (Å²) < 4.78 is 67.8. The molecule has 0 saturated carbocycles. The standard InChI is InChI=1S/C19H16F5N5O2S/c1-10(16(30)26-13-6-4-12(5-7-13)19(22,23)24)32-18-28-27-15(29(18)25)11-2-8-14(9-3-11)31-17(20)21/h2-10,17H,25H2,1H3,(H,26,30). The van der Waals surface area contributed by atoms with Crippen LogP contribution in [0.15, 0.2) is 53.7 Å². The Morgan fingerprint density at radius 3 is 2.28 bits per heavy atom. The number of alkyl halides is 5. The molecular weight excluding hydrogens is 457 g/mol. The van der Waals surface area contributed by atoms with Crippen molar-refractivity contribution >= 4 is 23.4 Å². The molecule has 3 aromatic rings. The first kappa shape index (κ1) is 23.3. The average Bonchev–Trinajstić information content (AvgIpc) is 3.08. The van der Waals surface area contributed by atoms with E-state index < -0.39 is 29.5 Å². The summed E-state index contributed by atoms with van der Waals surface area (Å²) in [6.45, 7) is -1.38. The zero-order chi connectivity index (χ0) is 23.5. The van der Waals surface area contributed by atoms with Crippen molar-refractivity contribution in [3.05, 3.63) is 54.1 Å². The molecule has 13 heteroatoms. The van der Waals surface area contributed by atoms with E-state index in [0.717, 1.165) is 40.7 Å². The molecule has 170 valence electrons. The van der Waals surface area contributed by atoms with Gasteiger partial charge in [0, 0.05) is 11.3 Å². The van der Waals surface area contributed by atoms with Crippen LogP contribution in [-0.2, 0) is 11.0 Å². The van der Waals surface area contributed by atoms with E-state index in [4.69, 9.17) is 5.84 Å². The van der Waals surface area contributed by atoms with Gasteiger partial charge in [0.1, 0.15) is 5.75 Å². The van der Waals surface area contributed by atoms with Gasteiger partial charge in [-0.25, -0.2) is 4.68 Å². The van der Waals surface area contributed by atoms with Crippen molar-refractivity contribution in [1.29, 1.82) is 0 Å². The number of nitrogens with two attached hydrogens (primary N) is 1. The number of benzene rings is 2. The zero-order valence-corrected chi connectivity index (χ0v) is 17.1. The number of halogens is 5. The van der Waals surface area contributed by atoms with E-state index in [-0.39, 0.29) is 22.4 Å². The number of carbonyl (C=O) groups excluding carboxylic acids is 1. The first-order valence-electron chi connectivity index (χ1n) is 8.95. The number of carbonyl (C=O) groups is 1. The molecule has 7 nitrogen and oxygen atoms in total. The van der Waals surface area contributed by atoms with Crippen LogP contribution in [0.1, 0.15) is 12.5 Å². The summed E-state index contributed by atoms with van der Waals surface area (Å²) >= 11 is 0.980. The Bertz CT molecular complexity index is 1070. The normalized spacial score (nSPS) is 12.6. The van der Waals surface area contributed by atoms with Gasteiger partial charge in [-0.3, -0.25) is 4.79 Å². The van der Waals surface area contributed by atoms with Crippen LogP contribution in [0.4, 0.5) is 27.6 Å². The average molecular weight is 473 g/mol. The predicted octanol–water partition coefficient (Wildman–Crippen LogP) is 4.40. The molecule has 3 rings (SSSR count). The smallest absolute Gasteiger partial charge is 0.416 e. The molecule has 3 N–H and O–H groups in total. The molecule has 1 unspecified atom stereocenters. The molecule has 1 amide bonds. The minimum absolute atomic E-state index is 0.0324. The monoisotopic (exact) mass is 473 g/mol. The fraction of sp³-hybridized carbons (Fsp3) is 0.211. The Morgan fingerprint density at radius 2 is 1.72 bits per heavy atom. The molecule has 0 aliphatic carbocycles. The highest BCUT2D eigenvalue weighted by molar-refractivity contribution is 8.00. The van der Waals surface area contributed by atoms with Gasteiger partial charge in [0.15, 0.2) is 5.82 Å². The number of nitrogens with one attached hydrogen (secondary N) is 1. The van der Waals surface area contributed by atoms with Crippen molar-refractivity contribution in [2.24, 2.45) is 0 Å². The molecule has 32 heavy (non-hydrogen) atoms. The Hall–Kier alpha value is -3.35. The molecule has 0 radical (unpaired) electrons. The number of thioether (sulfide) groups is 1.